The summed E-state index contributed by atoms with van der Waals surface area (Å²) in [5.74, 6) is -1.46. The van der Waals surface area contributed by atoms with Crippen molar-refractivity contribution in [3.63, 3.8) is 0 Å². The second kappa shape index (κ2) is 7.84. The number of para-hydroxylation sites is 1. The largest absolute Gasteiger partial charge is 0.493 e. The van der Waals surface area contributed by atoms with E-state index in [2.05, 4.69) is 5.10 Å². The molecular formula is C20H19F3N4O5. The summed E-state index contributed by atoms with van der Waals surface area (Å²) in [7, 11) is 2.45. The number of piperidine rings is 1. The Morgan fingerprint density at radius 3 is 2.50 bits per heavy atom. The molecule has 1 saturated heterocycles. The van der Waals surface area contributed by atoms with Crippen molar-refractivity contribution in [2.45, 2.75) is 25.1 Å². The van der Waals surface area contributed by atoms with Crippen molar-refractivity contribution < 1.29 is 27.1 Å². The first kappa shape index (κ1) is 21.7. The van der Waals surface area contributed by atoms with E-state index >= 15 is 0 Å². The number of carbonyl (C=O) groups excluding carboxylic acids is 1. The first-order chi connectivity index (χ1) is 15.1. The van der Waals surface area contributed by atoms with Crippen LogP contribution in [-0.2, 0) is 13.2 Å². The zero-order chi connectivity index (χ0) is 23.2. The molecule has 0 saturated carbocycles. The van der Waals surface area contributed by atoms with Crippen molar-refractivity contribution in [3.05, 3.63) is 56.6 Å². The van der Waals surface area contributed by atoms with Crippen LogP contribution >= 0.6 is 0 Å². The van der Waals surface area contributed by atoms with Gasteiger partial charge in [-0.1, -0.05) is 12.1 Å². The normalized spacial score (nSPS) is 15.3. The number of amides is 1. The number of likely N-dealkylation sites (tertiary alicyclic amines) is 1. The summed E-state index contributed by atoms with van der Waals surface area (Å²) in [5, 5.41) is 3.97. The topological polar surface area (TPSA) is 99.6 Å². The van der Waals surface area contributed by atoms with E-state index in [1.54, 1.807) is 18.2 Å². The van der Waals surface area contributed by atoms with Gasteiger partial charge in [0.15, 0.2) is 11.3 Å². The summed E-state index contributed by atoms with van der Waals surface area (Å²) in [6.45, 7) is 0.285. The van der Waals surface area contributed by atoms with E-state index < -0.39 is 35.3 Å². The smallest absolute Gasteiger partial charge is 0.451 e. The number of ether oxygens (including phenoxy) is 1. The molecule has 0 atom stereocenters. The Bertz CT molecular complexity index is 1300. The third-order valence-electron chi connectivity index (χ3n) is 5.53. The number of carbonyl (C=O) groups is 1. The molecule has 1 amide bonds. The molecule has 0 aliphatic carbocycles. The Hall–Kier alpha value is -3.57. The van der Waals surface area contributed by atoms with E-state index in [4.69, 9.17) is 9.15 Å². The molecule has 3 aromatic rings. The van der Waals surface area contributed by atoms with Crippen LogP contribution in [0.2, 0.25) is 0 Å². The van der Waals surface area contributed by atoms with Gasteiger partial charge in [0.2, 0.25) is 5.82 Å². The fourth-order valence-electron chi connectivity index (χ4n) is 3.85. The Kier molecular flexibility index (Phi) is 5.31. The van der Waals surface area contributed by atoms with Gasteiger partial charge in [0.05, 0.1) is 13.2 Å². The molecule has 170 valence electrons. The lowest BCUT2D eigenvalue weighted by Gasteiger charge is -2.31. The van der Waals surface area contributed by atoms with Gasteiger partial charge in [0, 0.05) is 25.5 Å². The molecule has 1 aliphatic rings. The number of aromatic nitrogens is 3. The maximum atomic E-state index is 13.0. The molecule has 9 nitrogen and oxygen atoms in total. The second-order valence-electron chi connectivity index (χ2n) is 7.46. The number of hydrogen-bond donors (Lipinski definition) is 0. The van der Waals surface area contributed by atoms with Gasteiger partial charge in [-0.05, 0) is 25.0 Å². The third kappa shape index (κ3) is 3.65. The fraction of sp³-hybridized carbons (Fsp3) is 0.400. The highest BCUT2D eigenvalue weighted by Crippen LogP contribution is 2.29. The van der Waals surface area contributed by atoms with E-state index in [0.717, 1.165) is 11.7 Å². The van der Waals surface area contributed by atoms with Gasteiger partial charge >= 0.3 is 17.5 Å². The average Bonchev–Trinajstić information content (AvgIpc) is 3.07. The van der Waals surface area contributed by atoms with Gasteiger partial charge in [-0.25, -0.2) is 14.3 Å². The lowest BCUT2D eigenvalue weighted by atomic mass is 10.0. The van der Waals surface area contributed by atoms with Crippen molar-refractivity contribution in [3.8, 4) is 5.75 Å². The molecule has 0 N–H and O–H groups in total. The van der Waals surface area contributed by atoms with Crippen LogP contribution in [0.4, 0.5) is 13.2 Å². The number of benzene rings is 1. The molecule has 1 aromatic carbocycles. The zero-order valence-electron chi connectivity index (χ0n) is 17.2. The summed E-state index contributed by atoms with van der Waals surface area (Å²) < 4.78 is 50.8. The maximum Gasteiger partial charge on any atom is 0.451 e. The number of nitrogens with zero attached hydrogens (tertiary/aromatic N) is 4. The Balaban J connectivity index is 1.54. The minimum atomic E-state index is -4.75. The van der Waals surface area contributed by atoms with Crippen molar-refractivity contribution >= 4 is 16.9 Å². The molecule has 0 bridgehead atoms. The Morgan fingerprint density at radius 1 is 1.22 bits per heavy atom. The van der Waals surface area contributed by atoms with Crippen LogP contribution in [0.3, 0.4) is 0 Å². The van der Waals surface area contributed by atoms with Gasteiger partial charge < -0.3 is 14.1 Å². The molecule has 0 spiro atoms. The molecule has 0 unspecified atom stereocenters. The Morgan fingerprint density at radius 2 is 1.91 bits per heavy atom. The minimum absolute atomic E-state index is 0.142. The lowest BCUT2D eigenvalue weighted by molar-refractivity contribution is -0.147. The van der Waals surface area contributed by atoms with Crippen LogP contribution in [0, 0.1) is 0 Å². The number of rotatable bonds is 3. The summed E-state index contributed by atoms with van der Waals surface area (Å²) in [6, 6.07) is 5.83. The molecule has 3 heterocycles. The Labute approximate surface area is 178 Å². The molecule has 0 radical (unpaired) electrons. The van der Waals surface area contributed by atoms with E-state index in [1.165, 1.54) is 18.1 Å². The standard InChI is InChI=1S/C20H19F3N4O5/c1-25-18(20(21,22)23)24-27(19(25)30)12-6-8-26(9-7-12)16(28)13-10-11-4-3-5-14(31-2)15(11)32-17(13)29/h3-5,10,12H,6-9H2,1-2H3. The van der Waals surface area contributed by atoms with Crippen LogP contribution in [0.1, 0.15) is 35.1 Å². The van der Waals surface area contributed by atoms with Crippen molar-refractivity contribution in [2.24, 2.45) is 7.05 Å². The quantitative estimate of drug-likeness (QED) is 0.565. The number of alkyl halides is 3. The SMILES string of the molecule is COc1cccc2cc(C(=O)N3CCC(n4nc(C(F)(F)F)n(C)c4=O)CC3)c(=O)oc12. The van der Waals surface area contributed by atoms with Crippen LogP contribution < -0.4 is 16.1 Å². The van der Waals surface area contributed by atoms with Crippen LogP contribution in [0.5, 0.6) is 5.75 Å². The highest BCUT2D eigenvalue weighted by molar-refractivity contribution is 5.97. The minimum Gasteiger partial charge on any atom is -0.493 e. The first-order valence-electron chi connectivity index (χ1n) is 9.74. The van der Waals surface area contributed by atoms with Gasteiger partial charge in [0.1, 0.15) is 5.56 Å². The van der Waals surface area contributed by atoms with Crippen molar-refractivity contribution in [1.29, 1.82) is 0 Å². The van der Waals surface area contributed by atoms with E-state index in [0.29, 0.717) is 15.7 Å². The molecule has 1 fully saturated rings. The van der Waals surface area contributed by atoms with Crippen LogP contribution in [0.15, 0.2) is 38.3 Å². The van der Waals surface area contributed by atoms with Crippen LogP contribution in [0.25, 0.3) is 11.0 Å². The van der Waals surface area contributed by atoms with Gasteiger partial charge in [-0.2, -0.15) is 13.2 Å². The predicted molar refractivity (Wildman–Crippen MR) is 106 cm³/mol. The predicted octanol–water partition coefficient (Wildman–Crippen LogP) is 2.19. The number of fused-ring (bicyclic) bond motifs is 1. The van der Waals surface area contributed by atoms with Gasteiger partial charge in [-0.3, -0.25) is 9.36 Å². The zero-order valence-corrected chi connectivity index (χ0v) is 17.2. The van der Waals surface area contributed by atoms with E-state index in [9.17, 15) is 27.6 Å². The summed E-state index contributed by atoms with van der Waals surface area (Å²) in [5.41, 5.74) is -1.61. The summed E-state index contributed by atoms with van der Waals surface area (Å²) >= 11 is 0. The summed E-state index contributed by atoms with van der Waals surface area (Å²) in [4.78, 5) is 39.0. The summed E-state index contributed by atoms with van der Waals surface area (Å²) in [6.07, 6.45) is -4.32. The molecule has 12 heteroatoms. The maximum absolute atomic E-state index is 13.0. The average molecular weight is 452 g/mol. The lowest BCUT2D eigenvalue weighted by Crippen LogP contribution is -2.42. The van der Waals surface area contributed by atoms with Crippen molar-refractivity contribution in [2.75, 3.05) is 20.2 Å². The van der Waals surface area contributed by atoms with Gasteiger partial charge in [0.25, 0.3) is 5.91 Å². The highest BCUT2D eigenvalue weighted by Gasteiger charge is 2.39. The number of methoxy groups -OCH3 is 1. The second-order valence-corrected chi connectivity index (χ2v) is 7.46. The fourth-order valence-corrected chi connectivity index (χ4v) is 3.85. The van der Waals surface area contributed by atoms with E-state index in [-0.39, 0.29) is 37.1 Å². The van der Waals surface area contributed by atoms with E-state index in [1.807, 2.05) is 0 Å². The molecule has 1 aliphatic heterocycles. The molecule has 32 heavy (non-hydrogen) atoms. The number of halogens is 3. The highest BCUT2D eigenvalue weighted by atomic mass is 19.4. The van der Waals surface area contributed by atoms with Crippen LogP contribution in [-0.4, -0.2) is 45.4 Å². The van der Waals surface area contributed by atoms with Gasteiger partial charge in [-0.15, -0.1) is 5.10 Å². The first-order valence-corrected chi connectivity index (χ1v) is 9.74. The molecule has 2 aromatic heterocycles. The third-order valence-corrected chi connectivity index (χ3v) is 5.53. The monoisotopic (exact) mass is 452 g/mol. The molecular weight excluding hydrogens is 433 g/mol. The number of hydrogen-bond acceptors (Lipinski definition) is 6. The molecule has 4 rings (SSSR count). The van der Waals surface area contributed by atoms with Crippen molar-refractivity contribution in [1.82, 2.24) is 19.2 Å².